The average Bonchev–Trinajstić information content (AvgIpc) is 2.64. The Morgan fingerprint density at radius 2 is 1.89 bits per heavy atom. The van der Waals surface area contributed by atoms with E-state index in [-0.39, 0.29) is 42.2 Å². The lowest BCUT2D eigenvalue weighted by molar-refractivity contribution is -0.114. The summed E-state index contributed by atoms with van der Waals surface area (Å²) >= 11 is 0. The van der Waals surface area contributed by atoms with Gasteiger partial charge in [-0.3, -0.25) is 4.79 Å². The van der Waals surface area contributed by atoms with Gasteiger partial charge < -0.3 is 20.9 Å². The Balaban J connectivity index is 0.00000364. The molecule has 1 aromatic rings. The maximum absolute atomic E-state index is 12.9. The SMILES string of the molecule is CCCN1CCC(NC(=NCC(=O)Nc2ccc(F)cc2)NCC)CC1.I. The summed E-state index contributed by atoms with van der Waals surface area (Å²) in [6.07, 6.45) is 3.34. The molecule has 1 heterocycles. The van der Waals surface area contributed by atoms with Gasteiger partial charge in [-0.2, -0.15) is 0 Å². The van der Waals surface area contributed by atoms with Crippen LogP contribution in [-0.2, 0) is 4.79 Å². The first-order chi connectivity index (χ1) is 12.6. The third-order valence-corrected chi connectivity index (χ3v) is 4.32. The molecular formula is C19H31FIN5O. The van der Waals surface area contributed by atoms with E-state index in [1.807, 2.05) is 6.92 Å². The number of rotatable bonds is 7. The molecule has 1 saturated heterocycles. The fourth-order valence-electron chi connectivity index (χ4n) is 3.02. The van der Waals surface area contributed by atoms with Gasteiger partial charge in [0.1, 0.15) is 12.4 Å². The molecule has 0 radical (unpaired) electrons. The van der Waals surface area contributed by atoms with Crippen LogP contribution in [0, 0.1) is 5.82 Å². The van der Waals surface area contributed by atoms with Crippen LogP contribution in [0.2, 0.25) is 0 Å². The predicted molar refractivity (Wildman–Crippen MR) is 119 cm³/mol. The lowest BCUT2D eigenvalue weighted by atomic mass is 10.1. The van der Waals surface area contributed by atoms with Crippen LogP contribution in [-0.4, -0.2) is 55.5 Å². The standard InChI is InChI=1S/C19H30FN5O.HI/c1-3-11-25-12-9-17(10-13-25)24-19(21-4-2)22-14-18(26)23-16-7-5-15(20)6-8-16;/h5-8,17H,3-4,9-14H2,1-2H3,(H,23,26)(H2,21,22,24);1H. The lowest BCUT2D eigenvalue weighted by Crippen LogP contribution is -2.49. The van der Waals surface area contributed by atoms with E-state index in [1.165, 1.54) is 30.7 Å². The second kappa shape index (κ2) is 12.9. The van der Waals surface area contributed by atoms with Gasteiger partial charge in [-0.25, -0.2) is 9.38 Å². The van der Waals surface area contributed by atoms with Gasteiger partial charge in [0.05, 0.1) is 0 Å². The van der Waals surface area contributed by atoms with Crippen LogP contribution in [0.1, 0.15) is 33.1 Å². The minimum Gasteiger partial charge on any atom is -0.357 e. The quantitative estimate of drug-likeness (QED) is 0.312. The highest BCUT2D eigenvalue weighted by atomic mass is 127. The van der Waals surface area contributed by atoms with Gasteiger partial charge in [-0.15, -0.1) is 24.0 Å². The summed E-state index contributed by atoms with van der Waals surface area (Å²) in [6.45, 7) is 8.30. The summed E-state index contributed by atoms with van der Waals surface area (Å²) in [5.74, 6) is 0.104. The number of halogens is 2. The fourth-order valence-corrected chi connectivity index (χ4v) is 3.02. The number of carbonyl (C=O) groups excluding carboxylic acids is 1. The molecule has 8 heteroatoms. The molecule has 0 aliphatic carbocycles. The second-order valence-corrected chi connectivity index (χ2v) is 6.51. The number of carbonyl (C=O) groups is 1. The average molecular weight is 491 g/mol. The normalized spacial score (nSPS) is 15.7. The van der Waals surface area contributed by atoms with E-state index in [1.54, 1.807) is 0 Å². The molecule has 1 amide bonds. The minimum atomic E-state index is -0.329. The Hall–Kier alpha value is -1.42. The zero-order valence-corrected chi connectivity index (χ0v) is 18.5. The molecule has 0 saturated carbocycles. The van der Waals surface area contributed by atoms with Crippen LogP contribution >= 0.6 is 24.0 Å². The summed E-state index contributed by atoms with van der Waals surface area (Å²) in [5, 5.41) is 9.33. The number of guanidine groups is 1. The number of benzene rings is 1. The molecule has 1 aliphatic heterocycles. The number of aliphatic imine (C=N–C) groups is 1. The summed E-state index contributed by atoms with van der Waals surface area (Å²) in [5.41, 5.74) is 0.563. The van der Waals surface area contributed by atoms with Crippen LogP contribution in [0.15, 0.2) is 29.3 Å². The third-order valence-electron chi connectivity index (χ3n) is 4.32. The number of amides is 1. The molecule has 152 valence electrons. The van der Waals surface area contributed by atoms with Crippen molar-refractivity contribution >= 4 is 41.5 Å². The van der Waals surface area contributed by atoms with Gasteiger partial charge in [0.15, 0.2) is 5.96 Å². The third kappa shape index (κ3) is 8.87. The van der Waals surface area contributed by atoms with E-state index in [9.17, 15) is 9.18 Å². The van der Waals surface area contributed by atoms with Gasteiger partial charge in [0, 0.05) is 31.4 Å². The molecule has 2 rings (SSSR count). The van der Waals surface area contributed by atoms with Gasteiger partial charge in [0.2, 0.25) is 5.91 Å². The highest BCUT2D eigenvalue weighted by Crippen LogP contribution is 2.10. The molecule has 1 aliphatic rings. The van der Waals surface area contributed by atoms with Gasteiger partial charge in [-0.05, 0) is 57.0 Å². The Bertz CT molecular complexity index is 588. The van der Waals surface area contributed by atoms with Gasteiger partial charge in [-0.1, -0.05) is 6.92 Å². The number of hydrogen-bond acceptors (Lipinski definition) is 3. The Morgan fingerprint density at radius 1 is 1.22 bits per heavy atom. The van der Waals surface area contributed by atoms with Gasteiger partial charge >= 0.3 is 0 Å². The number of piperidine rings is 1. The van der Waals surface area contributed by atoms with Crippen LogP contribution in [0.4, 0.5) is 10.1 Å². The first-order valence-electron chi connectivity index (χ1n) is 9.43. The van der Waals surface area contributed by atoms with Crippen molar-refractivity contribution in [2.24, 2.45) is 4.99 Å². The molecule has 1 aromatic carbocycles. The molecule has 3 N–H and O–H groups in total. The molecule has 0 bridgehead atoms. The smallest absolute Gasteiger partial charge is 0.246 e. The number of likely N-dealkylation sites (tertiary alicyclic amines) is 1. The highest BCUT2D eigenvalue weighted by molar-refractivity contribution is 14.0. The van der Waals surface area contributed by atoms with Crippen molar-refractivity contribution in [2.75, 3.05) is 38.0 Å². The Labute approximate surface area is 178 Å². The van der Waals surface area contributed by atoms with E-state index in [2.05, 4.69) is 32.8 Å². The highest BCUT2D eigenvalue weighted by Gasteiger charge is 2.19. The maximum atomic E-state index is 12.9. The Kier molecular flexibility index (Phi) is 11.3. The minimum absolute atomic E-state index is 0. The summed E-state index contributed by atoms with van der Waals surface area (Å²) < 4.78 is 12.9. The van der Waals surface area contributed by atoms with Crippen molar-refractivity contribution in [3.8, 4) is 0 Å². The molecule has 27 heavy (non-hydrogen) atoms. The van der Waals surface area contributed by atoms with Crippen molar-refractivity contribution in [1.82, 2.24) is 15.5 Å². The van der Waals surface area contributed by atoms with E-state index < -0.39 is 0 Å². The van der Waals surface area contributed by atoms with Crippen molar-refractivity contribution in [3.05, 3.63) is 30.1 Å². The van der Waals surface area contributed by atoms with Crippen molar-refractivity contribution in [1.29, 1.82) is 0 Å². The summed E-state index contributed by atoms with van der Waals surface area (Å²) in [4.78, 5) is 18.9. The van der Waals surface area contributed by atoms with E-state index in [0.29, 0.717) is 17.7 Å². The van der Waals surface area contributed by atoms with Gasteiger partial charge in [0.25, 0.3) is 0 Å². The molecule has 0 atom stereocenters. The topological polar surface area (TPSA) is 68.8 Å². The zero-order chi connectivity index (χ0) is 18.8. The predicted octanol–water partition coefficient (Wildman–Crippen LogP) is 2.81. The summed E-state index contributed by atoms with van der Waals surface area (Å²) in [6, 6.07) is 6.07. The first-order valence-corrected chi connectivity index (χ1v) is 9.43. The first kappa shape index (κ1) is 23.6. The Morgan fingerprint density at radius 3 is 2.48 bits per heavy atom. The number of nitrogens with zero attached hydrogens (tertiary/aromatic N) is 2. The number of nitrogens with one attached hydrogen (secondary N) is 3. The molecule has 6 nitrogen and oxygen atoms in total. The van der Waals surface area contributed by atoms with Crippen molar-refractivity contribution in [3.63, 3.8) is 0 Å². The largest absolute Gasteiger partial charge is 0.357 e. The van der Waals surface area contributed by atoms with E-state index in [0.717, 1.165) is 39.0 Å². The fraction of sp³-hybridized carbons (Fsp3) is 0.579. The second-order valence-electron chi connectivity index (χ2n) is 6.51. The van der Waals surface area contributed by atoms with Crippen molar-refractivity contribution < 1.29 is 9.18 Å². The van der Waals surface area contributed by atoms with E-state index in [4.69, 9.17) is 0 Å². The lowest BCUT2D eigenvalue weighted by Gasteiger charge is -2.32. The van der Waals surface area contributed by atoms with Crippen LogP contribution < -0.4 is 16.0 Å². The summed E-state index contributed by atoms with van der Waals surface area (Å²) in [7, 11) is 0. The molecule has 0 spiro atoms. The van der Waals surface area contributed by atoms with Crippen LogP contribution in [0.25, 0.3) is 0 Å². The monoisotopic (exact) mass is 491 g/mol. The van der Waals surface area contributed by atoms with Crippen LogP contribution in [0.5, 0.6) is 0 Å². The maximum Gasteiger partial charge on any atom is 0.246 e. The molecule has 1 fully saturated rings. The zero-order valence-electron chi connectivity index (χ0n) is 16.1. The van der Waals surface area contributed by atoms with Crippen molar-refractivity contribution in [2.45, 2.75) is 39.2 Å². The molecule has 0 aromatic heterocycles. The van der Waals surface area contributed by atoms with Crippen LogP contribution in [0.3, 0.4) is 0 Å². The number of hydrogen-bond donors (Lipinski definition) is 3. The van der Waals surface area contributed by atoms with E-state index >= 15 is 0 Å². The number of anilines is 1. The molecule has 0 unspecified atom stereocenters. The molecular weight excluding hydrogens is 460 g/mol.